The van der Waals surface area contributed by atoms with Crippen molar-refractivity contribution in [2.45, 2.75) is 19.0 Å². The Labute approximate surface area is 158 Å². The lowest BCUT2D eigenvalue weighted by atomic mass is 10.1. The number of carbonyl (C=O) groups is 2. The maximum Gasteiger partial charge on any atom is 0.306 e. The van der Waals surface area contributed by atoms with E-state index >= 15 is 0 Å². The van der Waals surface area contributed by atoms with E-state index in [1.165, 1.54) is 0 Å². The highest BCUT2D eigenvalue weighted by Gasteiger charge is 2.21. The topological polar surface area (TPSA) is 123 Å². The molecule has 1 unspecified atom stereocenters. The highest BCUT2D eigenvalue weighted by atomic mass is 16.4. The molecule has 1 fully saturated rings. The smallest absolute Gasteiger partial charge is 0.306 e. The number of anilines is 1. The molecule has 3 rings (SSSR count). The Morgan fingerprint density at radius 2 is 1.85 bits per heavy atom. The van der Waals surface area contributed by atoms with Crippen molar-refractivity contribution in [3.63, 3.8) is 0 Å². The van der Waals surface area contributed by atoms with Crippen LogP contribution < -0.4 is 21.3 Å². The van der Waals surface area contributed by atoms with E-state index in [2.05, 4.69) is 25.4 Å². The first-order valence-electron chi connectivity index (χ1n) is 9.19. The summed E-state index contributed by atoms with van der Waals surface area (Å²) in [6.45, 7) is 5.45. The normalized spacial score (nSPS) is 18.3. The average molecular weight is 374 g/mol. The fourth-order valence-corrected chi connectivity index (χ4v) is 3.22. The number of hydrogen-bond acceptors (Lipinski definition) is 7. The van der Waals surface area contributed by atoms with E-state index in [0.717, 1.165) is 57.3 Å². The monoisotopic (exact) mass is 374 g/mol. The molecule has 1 amide bonds. The van der Waals surface area contributed by atoms with Crippen LogP contribution in [0.1, 0.15) is 23.2 Å². The van der Waals surface area contributed by atoms with E-state index in [-0.39, 0.29) is 12.3 Å². The van der Waals surface area contributed by atoms with Gasteiger partial charge in [0.2, 0.25) is 0 Å². The third kappa shape index (κ3) is 5.10. The van der Waals surface area contributed by atoms with Gasteiger partial charge in [-0.15, -0.1) is 0 Å². The van der Waals surface area contributed by atoms with Crippen molar-refractivity contribution < 1.29 is 14.7 Å². The number of amides is 1. The van der Waals surface area contributed by atoms with Crippen molar-refractivity contribution in [2.75, 3.05) is 44.2 Å². The molecule has 146 valence electrons. The van der Waals surface area contributed by atoms with E-state index < -0.39 is 12.1 Å². The number of carboxylic acid groups (broad SMARTS) is 1. The second kappa shape index (κ2) is 8.72. The van der Waals surface area contributed by atoms with Gasteiger partial charge in [-0.25, -0.2) is 0 Å². The zero-order valence-corrected chi connectivity index (χ0v) is 15.2. The number of nitrogens with two attached hydrogens (primary N) is 1. The fourth-order valence-electron chi connectivity index (χ4n) is 3.22. The molecule has 2 aliphatic rings. The van der Waals surface area contributed by atoms with E-state index in [1.807, 2.05) is 12.1 Å². The van der Waals surface area contributed by atoms with E-state index in [9.17, 15) is 9.59 Å². The van der Waals surface area contributed by atoms with Gasteiger partial charge in [-0.05, 0) is 30.7 Å². The van der Waals surface area contributed by atoms with Crippen molar-refractivity contribution >= 4 is 23.5 Å². The van der Waals surface area contributed by atoms with Gasteiger partial charge in [0.15, 0.2) is 5.96 Å². The van der Waals surface area contributed by atoms with Crippen LogP contribution in [0, 0.1) is 0 Å². The number of nitrogens with one attached hydrogen (secondary N) is 2. The summed E-state index contributed by atoms with van der Waals surface area (Å²) in [6, 6.07) is 7.28. The van der Waals surface area contributed by atoms with Crippen LogP contribution in [-0.4, -0.2) is 73.3 Å². The highest BCUT2D eigenvalue weighted by molar-refractivity contribution is 5.95. The first-order valence-corrected chi connectivity index (χ1v) is 9.19. The van der Waals surface area contributed by atoms with Gasteiger partial charge in [-0.3, -0.25) is 14.6 Å². The van der Waals surface area contributed by atoms with Gasteiger partial charge in [0, 0.05) is 50.5 Å². The standard InChI is InChI=1S/C18H26N6O3/c19-15(12-16(25)26)22-17(27)13-2-4-14(5-3-13)23-8-10-24(11-9-23)18-20-6-1-7-21-18/h2-5,15H,1,6-12,19H2,(H,20,21)(H,22,27)(H,25,26). The third-order valence-corrected chi connectivity index (χ3v) is 4.66. The van der Waals surface area contributed by atoms with Gasteiger partial charge in [-0.1, -0.05) is 0 Å². The zero-order chi connectivity index (χ0) is 19.2. The van der Waals surface area contributed by atoms with Crippen LogP contribution in [0.3, 0.4) is 0 Å². The fraction of sp³-hybridized carbons (Fsp3) is 0.500. The Kier molecular flexibility index (Phi) is 6.12. The lowest BCUT2D eigenvalue weighted by molar-refractivity contribution is -0.137. The summed E-state index contributed by atoms with van der Waals surface area (Å²) in [4.78, 5) is 31.8. The molecule has 1 aromatic rings. The second-order valence-electron chi connectivity index (χ2n) is 6.68. The number of nitrogens with zero attached hydrogens (tertiary/aromatic N) is 3. The number of aliphatic carboxylic acids is 1. The Balaban J connectivity index is 1.52. The first kappa shape index (κ1) is 19.0. The third-order valence-electron chi connectivity index (χ3n) is 4.66. The van der Waals surface area contributed by atoms with Crippen molar-refractivity contribution in [3.8, 4) is 0 Å². The highest BCUT2D eigenvalue weighted by Crippen LogP contribution is 2.18. The second-order valence-corrected chi connectivity index (χ2v) is 6.68. The first-order chi connectivity index (χ1) is 13.0. The van der Waals surface area contributed by atoms with Crippen LogP contribution in [0.2, 0.25) is 0 Å². The van der Waals surface area contributed by atoms with E-state index in [1.54, 1.807) is 12.1 Å². The molecule has 0 bridgehead atoms. The van der Waals surface area contributed by atoms with Gasteiger partial charge in [0.05, 0.1) is 12.6 Å². The number of hydrogen-bond donors (Lipinski definition) is 4. The predicted octanol–water partition coefficient (Wildman–Crippen LogP) is -0.353. The summed E-state index contributed by atoms with van der Waals surface area (Å²) in [5.74, 6) is -0.418. The number of piperazine rings is 1. The van der Waals surface area contributed by atoms with Crippen LogP contribution in [0.25, 0.3) is 0 Å². The number of aliphatic imine (C=N–C) groups is 1. The maximum absolute atomic E-state index is 12.1. The van der Waals surface area contributed by atoms with Crippen LogP contribution in [0.15, 0.2) is 29.3 Å². The molecule has 1 saturated heterocycles. The molecule has 9 heteroatoms. The molecule has 1 aromatic carbocycles. The number of benzene rings is 1. The summed E-state index contributed by atoms with van der Waals surface area (Å²) in [6.07, 6.45) is -0.127. The van der Waals surface area contributed by atoms with Crippen LogP contribution in [-0.2, 0) is 4.79 Å². The molecule has 0 aromatic heterocycles. The Morgan fingerprint density at radius 1 is 1.19 bits per heavy atom. The van der Waals surface area contributed by atoms with Gasteiger partial charge in [0.1, 0.15) is 0 Å². The Hall–Kier alpha value is -2.81. The molecule has 9 nitrogen and oxygen atoms in total. The van der Waals surface area contributed by atoms with E-state index in [0.29, 0.717) is 5.56 Å². The lowest BCUT2D eigenvalue weighted by Gasteiger charge is -2.38. The molecule has 2 aliphatic heterocycles. The minimum absolute atomic E-state index is 0.311. The zero-order valence-electron chi connectivity index (χ0n) is 15.2. The molecule has 27 heavy (non-hydrogen) atoms. The summed E-state index contributed by atoms with van der Waals surface area (Å²) < 4.78 is 0. The van der Waals surface area contributed by atoms with Crippen LogP contribution in [0.5, 0.6) is 0 Å². The van der Waals surface area contributed by atoms with Crippen LogP contribution >= 0.6 is 0 Å². The summed E-state index contributed by atoms with van der Waals surface area (Å²) >= 11 is 0. The van der Waals surface area contributed by atoms with Crippen molar-refractivity contribution in [1.29, 1.82) is 0 Å². The molecule has 0 spiro atoms. The number of rotatable bonds is 5. The Bertz CT molecular complexity index is 698. The van der Waals surface area contributed by atoms with Gasteiger partial charge < -0.3 is 31.3 Å². The lowest BCUT2D eigenvalue weighted by Crippen LogP contribution is -2.53. The van der Waals surface area contributed by atoms with Crippen molar-refractivity contribution in [3.05, 3.63) is 29.8 Å². The van der Waals surface area contributed by atoms with Gasteiger partial charge in [0.25, 0.3) is 5.91 Å². The summed E-state index contributed by atoms with van der Waals surface area (Å²) in [7, 11) is 0. The summed E-state index contributed by atoms with van der Waals surface area (Å²) in [5.41, 5.74) is 7.11. The number of carboxylic acids is 1. The molecule has 0 aliphatic carbocycles. The SMILES string of the molecule is NC(CC(=O)O)NC(=O)c1ccc(N2CCN(C3=NCCCN3)CC2)cc1. The maximum atomic E-state index is 12.1. The Morgan fingerprint density at radius 3 is 2.44 bits per heavy atom. The molecule has 1 atom stereocenters. The number of carbonyl (C=O) groups excluding carboxylic acids is 1. The summed E-state index contributed by atoms with van der Waals surface area (Å²) in [5, 5.41) is 14.5. The average Bonchev–Trinajstić information content (AvgIpc) is 2.68. The molecular weight excluding hydrogens is 348 g/mol. The van der Waals surface area contributed by atoms with Crippen molar-refractivity contribution in [2.24, 2.45) is 10.7 Å². The largest absolute Gasteiger partial charge is 0.481 e. The predicted molar refractivity (Wildman–Crippen MR) is 103 cm³/mol. The minimum atomic E-state index is -1.05. The van der Waals surface area contributed by atoms with Gasteiger partial charge in [-0.2, -0.15) is 0 Å². The molecule has 2 heterocycles. The molecule has 0 saturated carbocycles. The van der Waals surface area contributed by atoms with E-state index in [4.69, 9.17) is 10.8 Å². The quantitative estimate of drug-likeness (QED) is 0.519. The van der Waals surface area contributed by atoms with Gasteiger partial charge >= 0.3 is 5.97 Å². The minimum Gasteiger partial charge on any atom is -0.481 e. The molecule has 0 radical (unpaired) electrons. The van der Waals surface area contributed by atoms with Crippen molar-refractivity contribution in [1.82, 2.24) is 15.5 Å². The number of guanidine groups is 1. The van der Waals surface area contributed by atoms with Crippen LogP contribution in [0.4, 0.5) is 5.69 Å². The molecule has 5 N–H and O–H groups in total. The molecular formula is C18H26N6O3.